The number of aryl methyl sites for hydroxylation is 2. The van der Waals surface area contributed by atoms with Gasteiger partial charge in [0.15, 0.2) is 5.43 Å². The van der Waals surface area contributed by atoms with E-state index in [9.17, 15) is 9.59 Å². The summed E-state index contributed by atoms with van der Waals surface area (Å²) in [7, 11) is 0. The Labute approximate surface area is 201 Å². The van der Waals surface area contributed by atoms with Crippen LogP contribution in [-0.2, 0) is 4.74 Å². The van der Waals surface area contributed by atoms with Crippen LogP contribution in [0.3, 0.4) is 0 Å². The minimum Gasteiger partial charge on any atom is -0.450 e. The minimum absolute atomic E-state index is 0.122. The average molecular weight is 511 g/mol. The first-order valence-electron chi connectivity index (χ1n) is 11.4. The zero-order chi connectivity index (χ0) is 23.1. The van der Waals surface area contributed by atoms with Crippen LogP contribution in [-0.4, -0.2) is 55.1 Å². The molecular formula is C26H27BrN2O4. The lowest BCUT2D eigenvalue weighted by molar-refractivity contribution is 0.0353. The normalized spacial score (nSPS) is 18.8. The van der Waals surface area contributed by atoms with E-state index >= 15 is 0 Å². The van der Waals surface area contributed by atoms with Crippen molar-refractivity contribution < 1.29 is 13.9 Å². The fourth-order valence-electron chi connectivity index (χ4n) is 4.82. The largest absolute Gasteiger partial charge is 0.450 e. The predicted octanol–water partition coefficient (Wildman–Crippen LogP) is 4.44. The standard InChI is InChI=1S/C26H27BrN2O4/c1-16-13-20-21(14-17(16)2)33-25-22(24(20)30)23(18-5-3-6-19(27)15-18)29(26(25)31)8-4-7-28-9-11-32-12-10-28/h3,5-6,13-15,23H,4,7-12H2,1-2H3/t23-/m1/s1. The molecule has 0 bridgehead atoms. The number of hydrogen-bond acceptors (Lipinski definition) is 5. The lowest BCUT2D eigenvalue weighted by Crippen LogP contribution is -2.38. The average Bonchev–Trinajstić information content (AvgIpc) is 3.08. The van der Waals surface area contributed by atoms with Crippen molar-refractivity contribution in [3.63, 3.8) is 0 Å². The number of morpholine rings is 1. The van der Waals surface area contributed by atoms with Gasteiger partial charge >= 0.3 is 0 Å². The van der Waals surface area contributed by atoms with Gasteiger partial charge in [0.05, 0.1) is 30.2 Å². The molecule has 2 aliphatic rings. The highest BCUT2D eigenvalue weighted by Gasteiger charge is 2.42. The van der Waals surface area contributed by atoms with Crippen LogP contribution in [0.1, 0.15) is 45.3 Å². The summed E-state index contributed by atoms with van der Waals surface area (Å²) in [5, 5.41) is 0.528. The Morgan fingerprint density at radius 3 is 2.55 bits per heavy atom. The number of fused-ring (bicyclic) bond motifs is 2. The first-order chi connectivity index (χ1) is 15.9. The van der Waals surface area contributed by atoms with Crippen LogP contribution in [0.15, 0.2) is 50.1 Å². The molecule has 2 aromatic carbocycles. The van der Waals surface area contributed by atoms with Gasteiger partial charge in [0, 0.05) is 30.7 Å². The van der Waals surface area contributed by atoms with E-state index in [1.807, 2.05) is 50.2 Å². The van der Waals surface area contributed by atoms with Crippen molar-refractivity contribution in [2.45, 2.75) is 26.3 Å². The van der Waals surface area contributed by atoms with Gasteiger partial charge in [-0.15, -0.1) is 0 Å². The summed E-state index contributed by atoms with van der Waals surface area (Å²) >= 11 is 3.54. The van der Waals surface area contributed by atoms with Crippen molar-refractivity contribution in [1.29, 1.82) is 0 Å². The Balaban J connectivity index is 1.56. The van der Waals surface area contributed by atoms with Crippen molar-refractivity contribution in [2.75, 3.05) is 39.4 Å². The molecule has 1 fully saturated rings. The lowest BCUT2D eigenvalue weighted by atomic mass is 9.97. The molecule has 0 N–H and O–H groups in total. The molecule has 6 nitrogen and oxygen atoms in total. The number of amides is 1. The summed E-state index contributed by atoms with van der Waals surface area (Å²) in [6.07, 6.45) is 0.816. The molecule has 7 heteroatoms. The van der Waals surface area contributed by atoms with Crippen molar-refractivity contribution in [3.8, 4) is 0 Å². The van der Waals surface area contributed by atoms with E-state index < -0.39 is 6.04 Å². The third kappa shape index (κ3) is 4.14. The second-order valence-corrected chi connectivity index (χ2v) is 9.79. The molecule has 172 valence electrons. The van der Waals surface area contributed by atoms with E-state index in [0.29, 0.717) is 23.1 Å². The predicted molar refractivity (Wildman–Crippen MR) is 131 cm³/mol. The Kier molecular flexibility index (Phi) is 6.12. The van der Waals surface area contributed by atoms with Crippen LogP contribution in [0.5, 0.6) is 0 Å². The van der Waals surface area contributed by atoms with Gasteiger partial charge < -0.3 is 14.1 Å². The number of carbonyl (C=O) groups excluding carboxylic acids is 1. The van der Waals surface area contributed by atoms with Crippen molar-refractivity contribution in [2.24, 2.45) is 0 Å². The molecule has 1 atom stereocenters. The molecule has 1 amide bonds. The van der Waals surface area contributed by atoms with Crippen LogP contribution in [0.25, 0.3) is 11.0 Å². The van der Waals surface area contributed by atoms with E-state index in [0.717, 1.165) is 60.4 Å². The number of nitrogens with zero attached hydrogens (tertiary/aromatic N) is 2. The number of ether oxygens (including phenoxy) is 1. The molecular weight excluding hydrogens is 484 g/mol. The highest BCUT2D eigenvalue weighted by atomic mass is 79.9. The van der Waals surface area contributed by atoms with Crippen molar-refractivity contribution in [1.82, 2.24) is 9.80 Å². The van der Waals surface area contributed by atoms with E-state index in [4.69, 9.17) is 9.15 Å². The van der Waals surface area contributed by atoms with Gasteiger partial charge in [0.25, 0.3) is 5.91 Å². The van der Waals surface area contributed by atoms with Crippen LogP contribution in [0.2, 0.25) is 0 Å². The van der Waals surface area contributed by atoms with Gasteiger partial charge in [-0.3, -0.25) is 14.5 Å². The fraction of sp³-hybridized carbons (Fsp3) is 0.385. The molecule has 0 saturated carbocycles. The summed E-state index contributed by atoms with van der Waals surface area (Å²) in [4.78, 5) is 31.4. The summed E-state index contributed by atoms with van der Waals surface area (Å²) in [6, 6.07) is 11.1. The third-order valence-electron chi connectivity index (χ3n) is 6.72. The summed E-state index contributed by atoms with van der Waals surface area (Å²) in [5.41, 5.74) is 3.75. The molecule has 2 aliphatic heterocycles. The Morgan fingerprint density at radius 1 is 1.03 bits per heavy atom. The molecule has 5 rings (SSSR count). The van der Waals surface area contributed by atoms with Gasteiger partial charge in [-0.2, -0.15) is 0 Å². The summed E-state index contributed by atoms with van der Waals surface area (Å²) < 4.78 is 12.5. The topological polar surface area (TPSA) is 63.0 Å². The number of carbonyl (C=O) groups is 1. The summed E-state index contributed by atoms with van der Waals surface area (Å²) in [5.74, 6) is -0.0405. The first-order valence-corrected chi connectivity index (χ1v) is 12.2. The van der Waals surface area contributed by atoms with Crippen molar-refractivity contribution >= 4 is 32.8 Å². The van der Waals surface area contributed by atoms with E-state index in [1.54, 1.807) is 4.90 Å². The van der Waals surface area contributed by atoms with E-state index in [2.05, 4.69) is 20.8 Å². The quantitative estimate of drug-likeness (QED) is 0.507. The number of rotatable bonds is 5. The van der Waals surface area contributed by atoms with E-state index in [1.165, 1.54) is 0 Å². The monoisotopic (exact) mass is 510 g/mol. The molecule has 1 saturated heterocycles. The zero-order valence-corrected chi connectivity index (χ0v) is 20.5. The van der Waals surface area contributed by atoms with Gasteiger partial charge in [-0.05, 0) is 61.2 Å². The SMILES string of the molecule is Cc1cc2oc3c(c(=O)c2cc1C)[C@@H](c1cccc(Br)c1)N(CCCN1CCOCC1)C3=O. The highest BCUT2D eigenvalue weighted by Crippen LogP contribution is 2.39. The molecule has 0 radical (unpaired) electrons. The van der Waals surface area contributed by atoms with Gasteiger partial charge in [0.2, 0.25) is 5.76 Å². The van der Waals surface area contributed by atoms with Crippen LogP contribution in [0, 0.1) is 13.8 Å². The number of halogens is 1. The molecule has 0 spiro atoms. The van der Waals surface area contributed by atoms with E-state index in [-0.39, 0.29) is 17.1 Å². The Morgan fingerprint density at radius 2 is 1.79 bits per heavy atom. The van der Waals surface area contributed by atoms with Gasteiger partial charge in [-0.1, -0.05) is 28.1 Å². The maximum absolute atomic E-state index is 13.7. The Hall–Kier alpha value is -2.48. The number of hydrogen-bond donors (Lipinski definition) is 0. The molecule has 3 aromatic rings. The second-order valence-electron chi connectivity index (χ2n) is 8.87. The van der Waals surface area contributed by atoms with Crippen LogP contribution >= 0.6 is 15.9 Å². The molecule has 1 aromatic heterocycles. The maximum Gasteiger partial charge on any atom is 0.290 e. The third-order valence-corrected chi connectivity index (χ3v) is 7.22. The van der Waals surface area contributed by atoms with Crippen LogP contribution < -0.4 is 5.43 Å². The number of benzene rings is 2. The minimum atomic E-state index is -0.461. The smallest absolute Gasteiger partial charge is 0.290 e. The highest BCUT2D eigenvalue weighted by molar-refractivity contribution is 9.10. The summed E-state index contributed by atoms with van der Waals surface area (Å²) in [6.45, 7) is 8.71. The molecule has 0 aliphatic carbocycles. The zero-order valence-electron chi connectivity index (χ0n) is 18.9. The molecule has 33 heavy (non-hydrogen) atoms. The second kappa shape index (κ2) is 9.05. The lowest BCUT2D eigenvalue weighted by Gasteiger charge is -2.29. The maximum atomic E-state index is 13.7. The molecule has 0 unspecified atom stereocenters. The van der Waals surface area contributed by atoms with Gasteiger partial charge in [-0.25, -0.2) is 0 Å². The van der Waals surface area contributed by atoms with Crippen LogP contribution in [0.4, 0.5) is 0 Å². The Bertz CT molecular complexity index is 1280. The fourth-order valence-corrected chi connectivity index (χ4v) is 5.24. The van der Waals surface area contributed by atoms with Gasteiger partial charge in [0.1, 0.15) is 5.58 Å². The first kappa shape index (κ1) is 22.3. The molecule has 3 heterocycles. The van der Waals surface area contributed by atoms with Crippen molar-refractivity contribution in [3.05, 3.63) is 79.1 Å².